The van der Waals surface area contributed by atoms with Crippen molar-refractivity contribution in [3.8, 4) is 11.8 Å². The molecule has 0 aromatic rings. The van der Waals surface area contributed by atoms with E-state index in [9.17, 15) is 36.6 Å². The Kier molecular flexibility index (Phi) is 4.84. The fourth-order valence-electron chi connectivity index (χ4n) is 5.61. The van der Waals surface area contributed by atoms with Gasteiger partial charge >= 0.3 is 18.0 Å². The van der Waals surface area contributed by atoms with E-state index in [1.165, 1.54) is 0 Å². The second kappa shape index (κ2) is 6.28. The highest BCUT2D eigenvalue weighted by atomic mass is 19.4. The molecule has 0 aromatic heterocycles. The van der Waals surface area contributed by atoms with Crippen molar-refractivity contribution in [1.82, 2.24) is 0 Å². The molecule has 2 N–H and O–H groups in total. The maximum absolute atomic E-state index is 12.8. The molecule has 4 atom stereocenters. The number of aliphatic hydroxyl groups is 2. The lowest BCUT2D eigenvalue weighted by atomic mass is 9.60. The number of fused-ring (bicyclic) bond motifs is 1. The molecule has 2 nitrogen and oxygen atoms in total. The molecule has 0 aliphatic heterocycles. The number of aliphatic hydroxyl groups excluding tert-OH is 1. The minimum Gasteiger partial charge on any atom is -0.393 e. The van der Waals surface area contributed by atoms with E-state index in [0.717, 1.165) is 38.0 Å². The number of rotatable bonds is 2. The van der Waals surface area contributed by atoms with Crippen LogP contribution < -0.4 is 0 Å². The Bertz CT molecular complexity index is 625. The maximum Gasteiger partial charge on any atom is 0.438 e. The van der Waals surface area contributed by atoms with E-state index >= 15 is 0 Å². The van der Waals surface area contributed by atoms with Crippen molar-refractivity contribution in [2.24, 2.45) is 22.7 Å². The van der Waals surface area contributed by atoms with Crippen molar-refractivity contribution in [3.05, 3.63) is 0 Å². The summed E-state index contributed by atoms with van der Waals surface area (Å²) in [5.74, 6) is 3.39. The SMILES string of the molecule is C[C@]12CCC[C@H](O)C1CC[C@@H]2C1(CC#CC(O)(C(F)(F)F)C(F)(F)F)CC1. The largest absolute Gasteiger partial charge is 0.438 e. The Morgan fingerprint density at radius 1 is 0.963 bits per heavy atom. The summed E-state index contributed by atoms with van der Waals surface area (Å²) in [4.78, 5) is 0. The third-order valence-electron chi connectivity index (χ3n) is 7.25. The fraction of sp³-hybridized carbons (Fsp3) is 0.895. The van der Waals surface area contributed by atoms with Crippen molar-refractivity contribution >= 4 is 0 Å². The van der Waals surface area contributed by atoms with Crippen LogP contribution in [0.15, 0.2) is 0 Å². The van der Waals surface area contributed by atoms with Gasteiger partial charge in [0.15, 0.2) is 0 Å². The third kappa shape index (κ3) is 3.25. The molecule has 27 heavy (non-hydrogen) atoms. The summed E-state index contributed by atoms with van der Waals surface area (Å²) in [6.07, 6.45) is -6.74. The summed E-state index contributed by atoms with van der Waals surface area (Å²) in [5, 5.41) is 19.5. The van der Waals surface area contributed by atoms with Crippen LogP contribution >= 0.6 is 0 Å². The minimum atomic E-state index is -5.91. The van der Waals surface area contributed by atoms with Crippen molar-refractivity contribution < 1.29 is 36.6 Å². The monoisotopic (exact) mass is 398 g/mol. The zero-order valence-electron chi connectivity index (χ0n) is 15.1. The van der Waals surface area contributed by atoms with Crippen LogP contribution in [0, 0.1) is 34.5 Å². The van der Waals surface area contributed by atoms with Gasteiger partial charge in [-0.05, 0) is 67.1 Å². The second-order valence-electron chi connectivity index (χ2n) is 8.75. The molecule has 0 radical (unpaired) electrons. The van der Waals surface area contributed by atoms with Crippen molar-refractivity contribution in [1.29, 1.82) is 0 Å². The lowest BCUT2D eigenvalue weighted by Gasteiger charge is -2.46. The average molecular weight is 398 g/mol. The Labute approximate surface area is 154 Å². The Hall–Kier alpha value is -0.940. The van der Waals surface area contributed by atoms with Crippen molar-refractivity contribution in [2.45, 2.75) is 82.3 Å². The van der Waals surface area contributed by atoms with Gasteiger partial charge in [0, 0.05) is 6.42 Å². The van der Waals surface area contributed by atoms with E-state index in [1.54, 1.807) is 0 Å². The topological polar surface area (TPSA) is 40.5 Å². The molecule has 0 aromatic carbocycles. The molecule has 1 unspecified atom stereocenters. The average Bonchev–Trinajstić information content (AvgIpc) is 3.19. The summed E-state index contributed by atoms with van der Waals surface area (Å²) >= 11 is 0. The first kappa shape index (κ1) is 20.8. The lowest BCUT2D eigenvalue weighted by Crippen LogP contribution is -2.55. The van der Waals surface area contributed by atoms with Crippen LogP contribution in [0.1, 0.15) is 58.3 Å². The first-order chi connectivity index (χ1) is 12.3. The quantitative estimate of drug-likeness (QED) is 0.528. The Balaban J connectivity index is 1.80. The van der Waals surface area contributed by atoms with Crippen LogP contribution in [0.25, 0.3) is 0 Å². The second-order valence-corrected chi connectivity index (χ2v) is 8.75. The molecule has 3 aliphatic carbocycles. The normalized spacial score (nSPS) is 36.0. The van der Waals surface area contributed by atoms with E-state index in [-0.39, 0.29) is 23.7 Å². The van der Waals surface area contributed by atoms with Gasteiger partial charge in [-0.2, -0.15) is 26.3 Å². The van der Waals surface area contributed by atoms with Gasteiger partial charge in [-0.25, -0.2) is 0 Å². The molecule has 3 saturated carbocycles. The minimum absolute atomic E-state index is 0.0927. The maximum atomic E-state index is 12.8. The van der Waals surface area contributed by atoms with Crippen LogP contribution in [0.5, 0.6) is 0 Å². The highest BCUT2D eigenvalue weighted by Gasteiger charge is 2.70. The zero-order valence-corrected chi connectivity index (χ0v) is 15.1. The molecule has 3 aliphatic rings. The van der Waals surface area contributed by atoms with Gasteiger partial charge in [0.25, 0.3) is 0 Å². The molecule has 154 valence electrons. The summed E-state index contributed by atoms with van der Waals surface area (Å²) in [6.45, 7) is 2.09. The predicted octanol–water partition coefficient (Wildman–Crippen LogP) is 4.59. The van der Waals surface area contributed by atoms with Crippen LogP contribution in [-0.4, -0.2) is 34.3 Å². The zero-order chi connectivity index (χ0) is 20.3. The first-order valence-electron chi connectivity index (χ1n) is 9.31. The van der Waals surface area contributed by atoms with Crippen molar-refractivity contribution in [2.75, 3.05) is 0 Å². The van der Waals surface area contributed by atoms with Gasteiger partial charge < -0.3 is 10.2 Å². The Morgan fingerprint density at radius 3 is 2.07 bits per heavy atom. The predicted molar refractivity (Wildman–Crippen MR) is 85.3 cm³/mol. The van der Waals surface area contributed by atoms with E-state index in [4.69, 9.17) is 0 Å². The van der Waals surface area contributed by atoms with Crippen LogP contribution in [0.2, 0.25) is 0 Å². The van der Waals surface area contributed by atoms with E-state index in [2.05, 4.69) is 6.92 Å². The molecule has 3 rings (SSSR count). The number of alkyl halides is 6. The lowest BCUT2D eigenvalue weighted by molar-refractivity contribution is -0.343. The molecule has 0 spiro atoms. The van der Waals surface area contributed by atoms with Gasteiger partial charge in [-0.1, -0.05) is 19.3 Å². The highest BCUT2D eigenvalue weighted by molar-refractivity contribution is 5.24. The van der Waals surface area contributed by atoms with Gasteiger partial charge in [-0.3, -0.25) is 0 Å². The molecular formula is C19H24F6O2. The van der Waals surface area contributed by atoms with Gasteiger partial charge in [0.2, 0.25) is 0 Å². The van der Waals surface area contributed by atoms with Crippen LogP contribution in [0.4, 0.5) is 26.3 Å². The van der Waals surface area contributed by atoms with E-state index in [0.29, 0.717) is 12.8 Å². The van der Waals surface area contributed by atoms with Gasteiger partial charge in [0.05, 0.1) is 6.10 Å². The third-order valence-corrected chi connectivity index (χ3v) is 7.25. The molecular weight excluding hydrogens is 374 g/mol. The summed E-state index contributed by atoms with van der Waals surface area (Å²) < 4.78 is 76.6. The smallest absolute Gasteiger partial charge is 0.393 e. The standard InChI is InChI=1S/C19H24F6O2/c1-15-7-2-4-13(26)12(15)5-6-14(15)16(10-11-16)8-3-9-17(27,18(20,21)22)19(23,24)25/h12-14,26-27H,2,4-8,10-11H2,1H3/t12?,13-,14-,15-/m0/s1. The van der Waals surface area contributed by atoms with Crippen molar-refractivity contribution in [3.63, 3.8) is 0 Å². The van der Waals surface area contributed by atoms with Gasteiger partial charge in [-0.15, -0.1) is 0 Å². The number of hydrogen-bond acceptors (Lipinski definition) is 2. The molecule has 0 heterocycles. The van der Waals surface area contributed by atoms with E-state index < -0.39 is 29.5 Å². The number of hydrogen-bond donors (Lipinski definition) is 2. The molecule has 8 heteroatoms. The summed E-state index contributed by atoms with van der Waals surface area (Å²) in [5.41, 5.74) is -5.55. The van der Waals surface area contributed by atoms with E-state index in [1.807, 2.05) is 5.92 Å². The van der Waals surface area contributed by atoms with Crippen LogP contribution in [-0.2, 0) is 0 Å². The van der Waals surface area contributed by atoms with Crippen LogP contribution in [0.3, 0.4) is 0 Å². The molecule has 3 fully saturated rings. The molecule has 0 bridgehead atoms. The molecule has 0 saturated heterocycles. The Morgan fingerprint density at radius 2 is 1.56 bits per heavy atom. The summed E-state index contributed by atoms with van der Waals surface area (Å²) in [6, 6.07) is 0. The number of halogens is 6. The molecule has 0 amide bonds. The van der Waals surface area contributed by atoms with Gasteiger partial charge in [0.1, 0.15) is 0 Å². The first-order valence-corrected chi connectivity index (χ1v) is 9.31. The highest BCUT2D eigenvalue weighted by Crippen LogP contribution is 2.68. The fourth-order valence-corrected chi connectivity index (χ4v) is 5.61. The summed E-state index contributed by atoms with van der Waals surface area (Å²) in [7, 11) is 0.